The van der Waals surface area contributed by atoms with Crippen molar-refractivity contribution >= 4 is 12.0 Å². The van der Waals surface area contributed by atoms with Crippen LogP contribution in [0.1, 0.15) is 71.3 Å². The summed E-state index contributed by atoms with van der Waals surface area (Å²) in [6.07, 6.45) is 6.07. The van der Waals surface area contributed by atoms with E-state index in [1.54, 1.807) is 0 Å². The van der Waals surface area contributed by atoms with Gasteiger partial charge in [-0.2, -0.15) is 0 Å². The minimum atomic E-state index is -0.865. The molecule has 3 fully saturated rings. The summed E-state index contributed by atoms with van der Waals surface area (Å²) in [5.41, 5.74) is 0.695. The van der Waals surface area contributed by atoms with Crippen LogP contribution in [-0.2, 0) is 20.7 Å². The van der Waals surface area contributed by atoms with Crippen molar-refractivity contribution in [3.8, 4) is 0 Å². The van der Waals surface area contributed by atoms with Gasteiger partial charge in [-0.25, -0.2) is 4.79 Å². The van der Waals surface area contributed by atoms with E-state index in [-0.39, 0.29) is 23.6 Å². The Hall–Kier alpha value is -2.16. The number of benzene rings is 1. The number of likely N-dealkylation sites (tertiary alicyclic amines) is 1. The Morgan fingerprint density at radius 1 is 1.11 bits per heavy atom. The zero-order valence-corrected chi connectivity index (χ0v) is 23.4. The van der Waals surface area contributed by atoms with Crippen LogP contribution in [0, 0.1) is 11.8 Å². The molecule has 4 rings (SSSR count). The third kappa shape index (κ3) is 8.42. The molecule has 0 unspecified atom stereocenters. The maximum atomic E-state index is 13.4. The number of alkyl carbamates (subject to hydrolysis) is 1. The second-order valence-electron chi connectivity index (χ2n) is 12.5. The van der Waals surface area contributed by atoms with Gasteiger partial charge in [-0.05, 0) is 70.3 Å². The smallest absolute Gasteiger partial charge is 0.407 e. The zero-order valence-electron chi connectivity index (χ0n) is 23.4. The number of β-amino-alcohol motifs (C(OH)–C–C–N with tert-alkyl or cyclic N) is 1. The van der Waals surface area contributed by atoms with Gasteiger partial charge >= 0.3 is 6.09 Å². The van der Waals surface area contributed by atoms with E-state index >= 15 is 0 Å². The zero-order chi connectivity index (χ0) is 27.1. The quantitative estimate of drug-likeness (QED) is 0.475. The second kappa shape index (κ2) is 13.3. The van der Waals surface area contributed by atoms with E-state index < -0.39 is 18.2 Å². The van der Waals surface area contributed by atoms with Gasteiger partial charge in [0.25, 0.3) is 0 Å². The lowest BCUT2D eigenvalue weighted by Gasteiger charge is -2.47. The summed E-state index contributed by atoms with van der Waals surface area (Å²) in [6, 6.07) is 9.02. The van der Waals surface area contributed by atoms with Gasteiger partial charge in [0, 0.05) is 25.2 Å². The Kier molecular flexibility index (Phi) is 10.1. The Bertz CT molecular complexity index is 899. The van der Waals surface area contributed by atoms with Crippen LogP contribution < -0.4 is 10.6 Å². The molecule has 2 amide bonds. The van der Waals surface area contributed by atoms with Crippen molar-refractivity contribution in [1.29, 1.82) is 0 Å². The molecule has 2 aliphatic heterocycles. The lowest BCUT2D eigenvalue weighted by Crippen LogP contribution is -2.60. The number of amides is 2. The fourth-order valence-corrected chi connectivity index (χ4v) is 6.29. The van der Waals surface area contributed by atoms with E-state index in [1.807, 2.05) is 51.1 Å². The van der Waals surface area contributed by atoms with Gasteiger partial charge < -0.3 is 25.2 Å². The number of carbonyl (C=O) groups is 2. The van der Waals surface area contributed by atoms with Gasteiger partial charge in [0.15, 0.2) is 0 Å². The number of aliphatic hydroxyl groups excluding tert-OH is 1. The summed E-state index contributed by atoms with van der Waals surface area (Å²) in [5.74, 6) is 1.13. The van der Waals surface area contributed by atoms with Crippen molar-refractivity contribution in [1.82, 2.24) is 15.5 Å². The summed E-state index contributed by atoms with van der Waals surface area (Å²) in [4.78, 5) is 28.4. The first kappa shape index (κ1) is 28.8. The molecule has 2 heterocycles. The van der Waals surface area contributed by atoms with Crippen LogP contribution >= 0.6 is 0 Å². The average Bonchev–Trinajstić information content (AvgIpc) is 2.88. The molecule has 0 aromatic heterocycles. The third-order valence-corrected chi connectivity index (χ3v) is 8.18. The van der Waals surface area contributed by atoms with Crippen molar-refractivity contribution in [3.63, 3.8) is 0 Å². The van der Waals surface area contributed by atoms with Gasteiger partial charge in [-0.3, -0.25) is 9.69 Å². The normalized spacial score (nSPS) is 28.0. The van der Waals surface area contributed by atoms with Crippen molar-refractivity contribution in [3.05, 3.63) is 35.9 Å². The number of nitrogens with one attached hydrogen (secondary N) is 2. The van der Waals surface area contributed by atoms with Crippen molar-refractivity contribution < 1.29 is 24.2 Å². The van der Waals surface area contributed by atoms with Crippen LogP contribution in [0.2, 0.25) is 0 Å². The molecule has 8 heteroatoms. The molecule has 1 aromatic carbocycles. The van der Waals surface area contributed by atoms with E-state index in [1.165, 1.54) is 25.7 Å². The molecule has 1 saturated carbocycles. The highest BCUT2D eigenvalue weighted by molar-refractivity contribution is 5.82. The molecule has 2 saturated heterocycles. The number of hydrogen-bond acceptors (Lipinski definition) is 6. The number of piperidine rings is 1. The van der Waals surface area contributed by atoms with E-state index in [4.69, 9.17) is 9.47 Å². The van der Waals surface area contributed by atoms with E-state index in [0.29, 0.717) is 38.0 Å². The van der Waals surface area contributed by atoms with Crippen LogP contribution in [0.25, 0.3) is 0 Å². The van der Waals surface area contributed by atoms with E-state index in [0.717, 1.165) is 31.4 Å². The molecular weight excluding hydrogens is 482 g/mol. The highest BCUT2D eigenvalue weighted by Crippen LogP contribution is 2.39. The van der Waals surface area contributed by atoms with Gasteiger partial charge in [0.05, 0.1) is 24.8 Å². The number of carbonyl (C=O) groups excluding carboxylic acids is 2. The summed E-state index contributed by atoms with van der Waals surface area (Å²) in [5, 5.41) is 17.7. The molecule has 0 radical (unpaired) electrons. The first-order valence-corrected chi connectivity index (χ1v) is 14.5. The molecule has 0 bridgehead atoms. The maximum Gasteiger partial charge on any atom is 0.407 e. The van der Waals surface area contributed by atoms with Crippen LogP contribution in [0.4, 0.5) is 4.79 Å². The minimum absolute atomic E-state index is 0.0259. The topological polar surface area (TPSA) is 100 Å². The van der Waals surface area contributed by atoms with Gasteiger partial charge in [-0.15, -0.1) is 0 Å². The molecule has 1 aliphatic carbocycles. The molecule has 0 spiro atoms. The lowest BCUT2D eigenvalue weighted by atomic mass is 9.72. The highest BCUT2D eigenvalue weighted by atomic mass is 16.6. The fraction of sp³-hybridized carbons (Fsp3) is 0.733. The molecule has 8 nitrogen and oxygen atoms in total. The standard InChI is InChI=1S/C30H47N3O5/c1-30(2,3)32-28(35)26-17-22-12-7-8-13-23(22)18-33(26)19-27(34)25(16-21-10-5-4-6-11-21)31-29(36)38-24-14-9-15-37-20-24/h4-6,10-11,22-27,34H,7-9,12-20H2,1-3H3,(H,31,36)(H,32,35)/t22-,23+,24+,25-,26-,27+/m0/s1. The summed E-state index contributed by atoms with van der Waals surface area (Å²) >= 11 is 0. The van der Waals surface area contributed by atoms with E-state index in [9.17, 15) is 14.7 Å². The summed E-state index contributed by atoms with van der Waals surface area (Å²) < 4.78 is 11.1. The van der Waals surface area contributed by atoms with Crippen LogP contribution in [0.3, 0.4) is 0 Å². The van der Waals surface area contributed by atoms with Crippen LogP contribution in [0.5, 0.6) is 0 Å². The van der Waals surface area contributed by atoms with Crippen molar-refractivity contribution in [2.24, 2.45) is 11.8 Å². The van der Waals surface area contributed by atoms with Crippen LogP contribution in [-0.4, -0.2) is 78.1 Å². The van der Waals surface area contributed by atoms with Gasteiger partial charge in [0.1, 0.15) is 6.10 Å². The van der Waals surface area contributed by atoms with E-state index in [2.05, 4.69) is 15.5 Å². The molecule has 1 aromatic rings. The predicted molar refractivity (Wildman–Crippen MR) is 147 cm³/mol. The molecule has 3 aliphatic rings. The molecule has 6 atom stereocenters. The molecule has 3 N–H and O–H groups in total. The Labute approximate surface area is 227 Å². The van der Waals surface area contributed by atoms with Crippen molar-refractivity contribution in [2.45, 2.75) is 102 Å². The number of fused-ring (bicyclic) bond motifs is 1. The minimum Gasteiger partial charge on any atom is -0.444 e. The number of ether oxygens (including phenoxy) is 2. The number of rotatable bonds is 8. The maximum absolute atomic E-state index is 13.4. The van der Waals surface area contributed by atoms with Gasteiger partial charge in [-0.1, -0.05) is 49.6 Å². The molecular formula is C30H47N3O5. The predicted octanol–water partition coefficient (Wildman–Crippen LogP) is 3.66. The summed E-state index contributed by atoms with van der Waals surface area (Å²) in [7, 11) is 0. The molecule has 212 valence electrons. The highest BCUT2D eigenvalue weighted by Gasteiger charge is 2.41. The van der Waals surface area contributed by atoms with Crippen molar-refractivity contribution in [2.75, 3.05) is 26.3 Å². The Morgan fingerprint density at radius 3 is 2.53 bits per heavy atom. The largest absolute Gasteiger partial charge is 0.444 e. The monoisotopic (exact) mass is 529 g/mol. The van der Waals surface area contributed by atoms with Gasteiger partial charge in [0.2, 0.25) is 5.91 Å². The number of nitrogens with zero attached hydrogens (tertiary/aromatic N) is 1. The SMILES string of the molecule is CC(C)(C)NC(=O)[C@@H]1C[C@@H]2CCCC[C@@H]2CN1C[C@@H](O)[C@H](Cc1ccccc1)NC(=O)O[C@@H]1CCCOC1. The number of aliphatic hydroxyl groups is 1. The summed E-state index contributed by atoms with van der Waals surface area (Å²) in [6.45, 7) is 8.21. The second-order valence-corrected chi connectivity index (χ2v) is 12.5. The van der Waals surface area contributed by atoms with Crippen LogP contribution in [0.15, 0.2) is 30.3 Å². The first-order chi connectivity index (χ1) is 18.2. The Balaban J connectivity index is 1.47. The third-order valence-electron chi connectivity index (χ3n) is 8.18. The average molecular weight is 530 g/mol. The Morgan fingerprint density at radius 2 is 1.84 bits per heavy atom. The first-order valence-electron chi connectivity index (χ1n) is 14.5. The lowest BCUT2D eigenvalue weighted by molar-refractivity contribution is -0.132. The molecule has 38 heavy (non-hydrogen) atoms. The number of hydrogen-bond donors (Lipinski definition) is 3. The fourth-order valence-electron chi connectivity index (χ4n) is 6.29.